The van der Waals surface area contributed by atoms with Crippen LogP contribution in [0.25, 0.3) is 0 Å². The molecule has 0 amide bonds. The zero-order valence-electron chi connectivity index (χ0n) is 10.3. The number of aromatic nitrogens is 2. The van der Waals surface area contributed by atoms with Crippen LogP contribution in [0.15, 0.2) is 41.7 Å². The van der Waals surface area contributed by atoms with Gasteiger partial charge in [-0.1, -0.05) is 42.1 Å². The molecule has 0 radical (unpaired) electrons. The van der Waals surface area contributed by atoms with Gasteiger partial charge in [-0.15, -0.1) is 17.0 Å². The van der Waals surface area contributed by atoms with Crippen molar-refractivity contribution in [2.75, 3.05) is 0 Å². The third kappa shape index (κ3) is 3.46. The fraction of sp³-hybridized carbons (Fsp3) is 0.231. The van der Waals surface area contributed by atoms with E-state index in [9.17, 15) is 4.79 Å². The number of hydrogen-bond donors (Lipinski definition) is 0. The number of halogens is 1. The average molecular weight is 327 g/mol. The number of thioether (sulfide) groups is 1. The smallest absolute Gasteiger partial charge is 0.178 e. The van der Waals surface area contributed by atoms with Gasteiger partial charge in [-0.3, -0.25) is 4.79 Å². The Bertz CT molecular complexity index is 525. The molecule has 5 heteroatoms. The first-order valence-electron chi connectivity index (χ1n) is 5.37. The topological polar surface area (TPSA) is 34.9 Å². The molecule has 1 aromatic heterocycles. The molecule has 1 aromatic carbocycles. The zero-order valence-corrected chi connectivity index (χ0v) is 12.8. The summed E-state index contributed by atoms with van der Waals surface area (Å²) in [5.74, 6) is 0.888. The minimum absolute atomic E-state index is 0. The highest BCUT2D eigenvalue weighted by molar-refractivity contribution is 8.93. The van der Waals surface area contributed by atoms with E-state index >= 15 is 0 Å². The number of benzene rings is 1. The third-order valence-electron chi connectivity index (χ3n) is 2.46. The number of ketones is 1. The summed E-state index contributed by atoms with van der Waals surface area (Å²) in [6.45, 7) is 1.57. The Labute approximate surface area is 121 Å². The van der Waals surface area contributed by atoms with Crippen LogP contribution in [-0.4, -0.2) is 15.3 Å². The molecule has 0 aliphatic heterocycles. The summed E-state index contributed by atoms with van der Waals surface area (Å²) in [6, 6.07) is 10.2. The molecule has 96 valence electrons. The Morgan fingerprint density at radius 3 is 2.61 bits per heavy atom. The van der Waals surface area contributed by atoms with Crippen LogP contribution in [0.4, 0.5) is 0 Å². The molecule has 2 rings (SSSR count). The van der Waals surface area contributed by atoms with E-state index in [0.717, 1.165) is 10.8 Å². The van der Waals surface area contributed by atoms with Crippen molar-refractivity contribution in [3.05, 3.63) is 47.9 Å². The summed E-state index contributed by atoms with van der Waals surface area (Å²) in [4.78, 5) is 15.7. The van der Waals surface area contributed by atoms with Gasteiger partial charge in [0, 0.05) is 19.7 Å². The largest absolute Gasteiger partial charge is 0.330 e. The fourth-order valence-corrected chi connectivity index (χ4v) is 2.68. The van der Waals surface area contributed by atoms with Crippen LogP contribution in [-0.2, 0) is 12.8 Å². The summed E-state index contributed by atoms with van der Waals surface area (Å²) < 4.78 is 1.77. The van der Waals surface area contributed by atoms with Crippen molar-refractivity contribution in [2.45, 2.75) is 17.7 Å². The average Bonchev–Trinajstić information content (AvgIpc) is 2.69. The third-order valence-corrected chi connectivity index (χ3v) is 3.51. The first kappa shape index (κ1) is 15.0. The molecule has 0 aliphatic rings. The van der Waals surface area contributed by atoms with E-state index < -0.39 is 0 Å². The van der Waals surface area contributed by atoms with Gasteiger partial charge in [0.05, 0.1) is 6.33 Å². The Morgan fingerprint density at radius 2 is 2.00 bits per heavy atom. The highest BCUT2D eigenvalue weighted by Crippen LogP contribution is 2.24. The molecule has 0 atom stereocenters. The lowest BCUT2D eigenvalue weighted by molar-refractivity contribution is 0.100. The van der Waals surface area contributed by atoms with Gasteiger partial charge in [0.2, 0.25) is 0 Å². The van der Waals surface area contributed by atoms with Crippen LogP contribution >= 0.6 is 28.7 Å². The first-order chi connectivity index (χ1) is 8.18. The number of carbonyl (C=O) groups excluding carboxylic acids is 1. The van der Waals surface area contributed by atoms with Crippen LogP contribution < -0.4 is 0 Å². The van der Waals surface area contributed by atoms with E-state index in [1.165, 1.54) is 5.56 Å². The number of rotatable bonds is 4. The summed E-state index contributed by atoms with van der Waals surface area (Å²) in [5.41, 5.74) is 1.92. The second-order valence-corrected chi connectivity index (χ2v) is 4.80. The lowest BCUT2D eigenvalue weighted by Crippen LogP contribution is -2.02. The maximum Gasteiger partial charge on any atom is 0.178 e. The molecule has 1 heterocycles. The van der Waals surface area contributed by atoms with Crippen molar-refractivity contribution in [1.29, 1.82) is 0 Å². The molecule has 0 N–H and O–H groups in total. The van der Waals surface area contributed by atoms with E-state index in [1.807, 2.05) is 25.2 Å². The van der Waals surface area contributed by atoms with Crippen molar-refractivity contribution in [3.8, 4) is 0 Å². The van der Waals surface area contributed by atoms with Crippen molar-refractivity contribution in [1.82, 2.24) is 9.55 Å². The molecule has 3 nitrogen and oxygen atoms in total. The van der Waals surface area contributed by atoms with Crippen LogP contribution in [0, 0.1) is 0 Å². The molecule has 0 saturated heterocycles. The lowest BCUT2D eigenvalue weighted by Gasteiger charge is -2.02. The Kier molecular flexibility index (Phi) is 5.62. The van der Waals surface area contributed by atoms with Gasteiger partial charge >= 0.3 is 0 Å². The minimum Gasteiger partial charge on any atom is -0.330 e. The number of imidazole rings is 1. The molecule has 2 aromatic rings. The number of aryl methyl sites for hydroxylation is 1. The second kappa shape index (κ2) is 6.75. The molecule has 0 spiro atoms. The quantitative estimate of drug-likeness (QED) is 0.637. The zero-order chi connectivity index (χ0) is 12.3. The summed E-state index contributed by atoms with van der Waals surface area (Å²) in [6.07, 6.45) is 1.68. The van der Waals surface area contributed by atoms with Crippen LogP contribution in [0.5, 0.6) is 0 Å². The number of Topliss-reactive ketones (excluding diaryl/α,β-unsaturated/α-hetero) is 1. The molecule has 0 bridgehead atoms. The molecular weight excluding hydrogens is 312 g/mol. The monoisotopic (exact) mass is 326 g/mol. The van der Waals surface area contributed by atoms with Crippen molar-refractivity contribution >= 4 is 34.5 Å². The van der Waals surface area contributed by atoms with Crippen molar-refractivity contribution in [2.24, 2.45) is 7.05 Å². The number of carbonyl (C=O) groups is 1. The van der Waals surface area contributed by atoms with Crippen molar-refractivity contribution < 1.29 is 4.79 Å². The van der Waals surface area contributed by atoms with Crippen LogP contribution in [0.3, 0.4) is 0 Å². The highest BCUT2D eigenvalue weighted by Gasteiger charge is 2.13. The Hall–Kier alpha value is -1.07. The maximum absolute atomic E-state index is 11.5. The molecule has 0 aliphatic carbocycles. The molecule has 18 heavy (non-hydrogen) atoms. The maximum atomic E-state index is 11.5. The van der Waals surface area contributed by atoms with Gasteiger partial charge in [0.15, 0.2) is 5.78 Å². The van der Waals surface area contributed by atoms with Gasteiger partial charge in [-0.25, -0.2) is 4.98 Å². The molecule has 0 fully saturated rings. The standard InChI is InChI=1S/C13H14N2OS.BrH/c1-10(16)12-13(14-9-15(12)2)17-8-11-6-4-3-5-7-11;/h3-7,9H,8H2,1-2H3;1H. The highest BCUT2D eigenvalue weighted by atomic mass is 79.9. The van der Waals surface area contributed by atoms with Crippen LogP contribution in [0.1, 0.15) is 23.0 Å². The fourth-order valence-electron chi connectivity index (χ4n) is 1.64. The lowest BCUT2D eigenvalue weighted by atomic mass is 10.2. The summed E-state index contributed by atoms with van der Waals surface area (Å²) in [5, 5.41) is 0.809. The van der Waals surface area contributed by atoms with E-state index in [1.54, 1.807) is 29.6 Å². The molecular formula is C13H15BrN2OS. The van der Waals surface area contributed by atoms with Gasteiger partial charge < -0.3 is 4.57 Å². The van der Waals surface area contributed by atoms with Gasteiger partial charge in [-0.2, -0.15) is 0 Å². The normalized spacial score (nSPS) is 9.89. The molecule has 0 saturated carbocycles. The minimum atomic E-state index is 0. The van der Waals surface area contributed by atoms with E-state index in [-0.39, 0.29) is 22.8 Å². The number of hydrogen-bond acceptors (Lipinski definition) is 3. The first-order valence-corrected chi connectivity index (χ1v) is 6.36. The van der Waals surface area contributed by atoms with E-state index in [2.05, 4.69) is 17.1 Å². The SMILES string of the molecule is Br.CC(=O)c1c(SCc2ccccc2)ncn1C. The summed E-state index contributed by atoms with van der Waals surface area (Å²) >= 11 is 1.60. The predicted octanol–water partition coefficient (Wildman–Crippen LogP) is 3.49. The van der Waals surface area contributed by atoms with E-state index in [4.69, 9.17) is 0 Å². The Morgan fingerprint density at radius 1 is 1.33 bits per heavy atom. The second-order valence-electron chi connectivity index (χ2n) is 3.84. The Balaban J connectivity index is 0.00000162. The summed E-state index contributed by atoms with van der Waals surface area (Å²) in [7, 11) is 1.84. The van der Waals surface area contributed by atoms with Gasteiger partial charge in [0.25, 0.3) is 0 Å². The van der Waals surface area contributed by atoms with Crippen molar-refractivity contribution in [3.63, 3.8) is 0 Å². The van der Waals surface area contributed by atoms with Crippen LogP contribution in [0.2, 0.25) is 0 Å². The van der Waals surface area contributed by atoms with E-state index in [0.29, 0.717) is 5.69 Å². The molecule has 0 unspecified atom stereocenters. The number of nitrogens with zero attached hydrogens (tertiary/aromatic N) is 2. The predicted molar refractivity (Wildman–Crippen MR) is 79.5 cm³/mol. The van der Waals surface area contributed by atoms with Gasteiger partial charge in [-0.05, 0) is 5.56 Å². The van der Waals surface area contributed by atoms with Gasteiger partial charge in [0.1, 0.15) is 10.7 Å².